The quantitative estimate of drug-likeness (QED) is 0.694. The molecule has 0 aliphatic rings. The van der Waals surface area contributed by atoms with E-state index in [0.717, 1.165) is 6.42 Å². The maximum absolute atomic E-state index is 12.6. The highest BCUT2D eigenvalue weighted by Crippen LogP contribution is 2.19. The van der Waals surface area contributed by atoms with Crippen molar-refractivity contribution in [3.63, 3.8) is 0 Å². The summed E-state index contributed by atoms with van der Waals surface area (Å²) in [4.78, 5) is 14.3. The Labute approximate surface area is 132 Å². The van der Waals surface area contributed by atoms with E-state index < -0.39 is 0 Å². The van der Waals surface area contributed by atoms with E-state index in [1.54, 1.807) is 30.0 Å². The molecule has 1 amide bonds. The standard InChI is InChI=1S/C16H17N3O4/c1-3-7-19(16(20)12-6-9-21-11(12)2)10-14-17-18-15(23-14)13-5-4-8-22-13/h4-6,8-9H,3,7,10H2,1-2H3. The Morgan fingerprint density at radius 2 is 2.09 bits per heavy atom. The van der Waals surface area contributed by atoms with Crippen LogP contribution < -0.4 is 0 Å². The van der Waals surface area contributed by atoms with Crippen LogP contribution in [0.1, 0.15) is 35.4 Å². The van der Waals surface area contributed by atoms with Crippen LogP contribution in [0.2, 0.25) is 0 Å². The minimum Gasteiger partial charge on any atom is -0.469 e. The highest BCUT2D eigenvalue weighted by molar-refractivity contribution is 5.95. The zero-order chi connectivity index (χ0) is 16.2. The van der Waals surface area contributed by atoms with Crippen molar-refractivity contribution in [2.75, 3.05) is 6.54 Å². The smallest absolute Gasteiger partial charge is 0.283 e. The Bertz CT molecular complexity index is 773. The SMILES string of the molecule is CCCN(Cc1nnc(-c2ccco2)o1)C(=O)c1ccoc1C. The fourth-order valence-electron chi connectivity index (χ4n) is 2.28. The molecular formula is C16H17N3O4. The van der Waals surface area contributed by atoms with Crippen LogP contribution in [0.5, 0.6) is 0 Å². The second kappa shape index (κ2) is 6.51. The van der Waals surface area contributed by atoms with Crippen LogP contribution >= 0.6 is 0 Å². The summed E-state index contributed by atoms with van der Waals surface area (Å²) in [6, 6.07) is 5.15. The number of carbonyl (C=O) groups excluding carboxylic acids is 1. The Morgan fingerprint density at radius 1 is 1.22 bits per heavy atom. The van der Waals surface area contributed by atoms with E-state index >= 15 is 0 Å². The average molecular weight is 315 g/mol. The normalized spacial score (nSPS) is 10.9. The second-order valence-corrected chi connectivity index (χ2v) is 5.10. The van der Waals surface area contributed by atoms with Gasteiger partial charge in [0.1, 0.15) is 5.76 Å². The third-order valence-electron chi connectivity index (χ3n) is 3.39. The van der Waals surface area contributed by atoms with Crippen LogP contribution in [0.3, 0.4) is 0 Å². The van der Waals surface area contributed by atoms with Crippen LogP contribution in [-0.4, -0.2) is 27.5 Å². The number of nitrogens with zero attached hydrogens (tertiary/aromatic N) is 3. The van der Waals surface area contributed by atoms with Gasteiger partial charge in [0, 0.05) is 6.54 Å². The molecule has 3 heterocycles. The van der Waals surface area contributed by atoms with Gasteiger partial charge < -0.3 is 18.2 Å². The van der Waals surface area contributed by atoms with E-state index in [2.05, 4.69) is 10.2 Å². The molecule has 120 valence electrons. The molecule has 0 saturated heterocycles. The third kappa shape index (κ3) is 3.18. The molecule has 7 heteroatoms. The fourth-order valence-corrected chi connectivity index (χ4v) is 2.28. The zero-order valence-electron chi connectivity index (χ0n) is 13.0. The van der Waals surface area contributed by atoms with Crippen LogP contribution in [-0.2, 0) is 6.54 Å². The van der Waals surface area contributed by atoms with Gasteiger partial charge in [0.25, 0.3) is 11.8 Å². The molecular weight excluding hydrogens is 298 g/mol. The number of hydrogen-bond acceptors (Lipinski definition) is 6. The van der Waals surface area contributed by atoms with Crippen molar-refractivity contribution in [2.45, 2.75) is 26.8 Å². The van der Waals surface area contributed by atoms with Gasteiger partial charge in [-0.05, 0) is 31.5 Å². The first kappa shape index (κ1) is 15.1. The molecule has 3 aromatic heterocycles. The topological polar surface area (TPSA) is 85.5 Å². The molecule has 0 atom stereocenters. The number of hydrogen-bond donors (Lipinski definition) is 0. The van der Waals surface area contributed by atoms with Gasteiger partial charge in [0.2, 0.25) is 5.89 Å². The molecule has 0 bridgehead atoms. The summed E-state index contributed by atoms with van der Waals surface area (Å²) in [6.45, 7) is 4.59. The molecule has 0 aliphatic heterocycles. The van der Waals surface area contributed by atoms with Gasteiger partial charge in [-0.1, -0.05) is 6.92 Å². The molecule has 0 spiro atoms. The van der Waals surface area contributed by atoms with E-state index in [1.807, 2.05) is 6.92 Å². The van der Waals surface area contributed by atoms with E-state index in [0.29, 0.717) is 35.4 Å². The molecule has 0 N–H and O–H groups in total. The van der Waals surface area contributed by atoms with Gasteiger partial charge in [-0.3, -0.25) is 4.79 Å². The summed E-state index contributed by atoms with van der Waals surface area (Å²) in [7, 11) is 0. The highest BCUT2D eigenvalue weighted by Gasteiger charge is 2.21. The largest absolute Gasteiger partial charge is 0.469 e. The summed E-state index contributed by atoms with van der Waals surface area (Å²) < 4.78 is 16.0. The molecule has 23 heavy (non-hydrogen) atoms. The monoisotopic (exact) mass is 315 g/mol. The Balaban J connectivity index is 1.77. The first-order chi connectivity index (χ1) is 11.2. The van der Waals surface area contributed by atoms with Crippen LogP contribution in [0.15, 0.2) is 44.0 Å². The van der Waals surface area contributed by atoms with E-state index in [9.17, 15) is 4.79 Å². The highest BCUT2D eigenvalue weighted by atomic mass is 16.4. The zero-order valence-corrected chi connectivity index (χ0v) is 13.0. The summed E-state index contributed by atoms with van der Waals surface area (Å²) in [5.74, 6) is 1.64. The number of carbonyl (C=O) groups is 1. The minimum absolute atomic E-state index is 0.115. The van der Waals surface area contributed by atoms with Crippen LogP contribution in [0, 0.1) is 6.92 Å². The first-order valence-corrected chi connectivity index (χ1v) is 7.38. The predicted octanol–water partition coefficient (Wildman–Crippen LogP) is 3.28. The lowest BCUT2D eigenvalue weighted by molar-refractivity contribution is 0.0727. The summed E-state index contributed by atoms with van der Waals surface area (Å²) in [6.07, 6.45) is 3.87. The van der Waals surface area contributed by atoms with Crippen LogP contribution in [0.25, 0.3) is 11.7 Å². The predicted molar refractivity (Wildman–Crippen MR) is 80.5 cm³/mol. The Hall–Kier alpha value is -2.83. The summed E-state index contributed by atoms with van der Waals surface area (Å²) in [5.41, 5.74) is 0.546. The lowest BCUT2D eigenvalue weighted by Gasteiger charge is -2.19. The van der Waals surface area contributed by atoms with Crippen molar-refractivity contribution < 1.29 is 18.0 Å². The number of furan rings is 2. The fraction of sp³-hybridized carbons (Fsp3) is 0.312. The van der Waals surface area contributed by atoms with E-state index in [4.69, 9.17) is 13.3 Å². The molecule has 0 unspecified atom stereocenters. The number of rotatable bonds is 6. The van der Waals surface area contributed by atoms with Crippen molar-refractivity contribution in [3.8, 4) is 11.7 Å². The summed E-state index contributed by atoms with van der Waals surface area (Å²) >= 11 is 0. The summed E-state index contributed by atoms with van der Waals surface area (Å²) in [5, 5.41) is 7.93. The number of aryl methyl sites for hydroxylation is 1. The van der Waals surface area contributed by atoms with Gasteiger partial charge >= 0.3 is 0 Å². The lowest BCUT2D eigenvalue weighted by atomic mass is 10.2. The molecule has 3 rings (SSSR count). The van der Waals surface area contributed by atoms with E-state index in [1.165, 1.54) is 12.5 Å². The molecule has 3 aromatic rings. The van der Waals surface area contributed by atoms with Gasteiger partial charge in [-0.25, -0.2) is 0 Å². The molecule has 0 aliphatic carbocycles. The number of amides is 1. The lowest BCUT2D eigenvalue weighted by Crippen LogP contribution is -2.31. The van der Waals surface area contributed by atoms with E-state index in [-0.39, 0.29) is 12.5 Å². The first-order valence-electron chi connectivity index (χ1n) is 7.38. The van der Waals surface area contributed by atoms with Crippen molar-refractivity contribution in [1.82, 2.24) is 15.1 Å². The van der Waals surface area contributed by atoms with Crippen molar-refractivity contribution in [2.24, 2.45) is 0 Å². The number of aromatic nitrogens is 2. The molecule has 0 radical (unpaired) electrons. The van der Waals surface area contributed by atoms with Crippen LogP contribution in [0.4, 0.5) is 0 Å². The van der Waals surface area contributed by atoms with Gasteiger partial charge in [0.15, 0.2) is 5.76 Å². The molecule has 0 saturated carbocycles. The van der Waals surface area contributed by atoms with Crippen molar-refractivity contribution >= 4 is 5.91 Å². The van der Waals surface area contributed by atoms with Crippen molar-refractivity contribution in [1.29, 1.82) is 0 Å². The Kier molecular flexibility index (Phi) is 4.27. The molecule has 0 aromatic carbocycles. The second-order valence-electron chi connectivity index (χ2n) is 5.10. The van der Waals surface area contributed by atoms with Gasteiger partial charge in [-0.15, -0.1) is 10.2 Å². The van der Waals surface area contributed by atoms with Gasteiger partial charge in [-0.2, -0.15) is 0 Å². The van der Waals surface area contributed by atoms with Gasteiger partial charge in [0.05, 0.1) is 24.6 Å². The van der Waals surface area contributed by atoms with Crippen molar-refractivity contribution in [3.05, 3.63) is 47.9 Å². The minimum atomic E-state index is -0.115. The maximum atomic E-state index is 12.6. The maximum Gasteiger partial charge on any atom is 0.283 e. The Morgan fingerprint density at radius 3 is 2.74 bits per heavy atom. The third-order valence-corrected chi connectivity index (χ3v) is 3.39. The molecule has 0 fully saturated rings. The molecule has 7 nitrogen and oxygen atoms in total. The average Bonchev–Trinajstić information content (AvgIpc) is 3.27.